The molecule has 10 heteroatoms. The van der Waals surface area contributed by atoms with E-state index in [4.69, 9.17) is 26.9 Å². The predicted octanol–water partition coefficient (Wildman–Crippen LogP) is 3.67. The van der Waals surface area contributed by atoms with Gasteiger partial charge in [0.15, 0.2) is 12.4 Å². The summed E-state index contributed by atoms with van der Waals surface area (Å²) in [5.74, 6) is -1.25. The zero-order chi connectivity index (χ0) is 22.0. The molecule has 0 saturated carbocycles. The van der Waals surface area contributed by atoms with Gasteiger partial charge in [-0.2, -0.15) is 15.1 Å². The van der Waals surface area contributed by atoms with Gasteiger partial charge in [-0.05, 0) is 53.2 Å². The molecular formula is C21H15ClN4O4S. The van der Waals surface area contributed by atoms with E-state index in [1.807, 2.05) is 12.1 Å². The molecule has 2 aliphatic heterocycles. The number of hydrogen-bond acceptors (Lipinski definition) is 6. The van der Waals surface area contributed by atoms with Gasteiger partial charge in [-0.15, -0.1) is 0 Å². The summed E-state index contributed by atoms with van der Waals surface area (Å²) in [5, 5.41) is 24.6. The van der Waals surface area contributed by atoms with Gasteiger partial charge in [-0.25, -0.2) is 4.79 Å². The monoisotopic (exact) mass is 454 g/mol. The third-order valence-corrected chi connectivity index (χ3v) is 5.48. The van der Waals surface area contributed by atoms with E-state index in [1.54, 1.807) is 42.5 Å². The molecule has 2 heterocycles. The van der Waals surface area contributed by atoms with Crippen molar-refractivity contribution in [2.45, 2.75) is 6.42 Å². The van der Waals surface area contributed by atoms with Crippen LogP contribution in [0.25, 0.3) is 6.08 Å². The average molecular weight is 455 g/mol. The normalized spacial score (nSPS) is 16.8. The number of aliphatic imine (C=N–C) groups is 1. The van der Waals surface area contributed by atoms with Crippen LogP contribution in [-0.4, -0.2) is 44.6 Å². The lowest BCUT2D eigenvalue weighted by atomic mass is 10.1. The number of aliphatic carboxylic acids is 1. The number of amides is 1. The number of halogens is 1. The summed E-state index contributed by atoms with van der Waals surface area (Å²) >= 11 is 7.18. The van der Waals surface area contributed by atoms with Crippen LogP contribution < -0.4 is 4.74 Å². The van der Waals surface area contributed by atoms with Crippen molar-refractivity contribution in [3.63, 3.8) is 0 Å². The van der Waals surface area contributed by atoms with Gasteiger partial charge >= 0.3 is 5.97 Å². The predicted molar refractivity (Wildman–Crippen MR) is 120 cm³/mol. The van der Waals surface area contributed by atoms with Crippen LogP contribution in [0.3, 0.4) is 0 Å². The second-order valence-electron chi connectivity index (χ2n) is 6.57. The minimum Gasteiger partial charge on any atom is -0.482 e. The molecule has 0 radical (unpaired) electrons. The van der Waals surface area contributed by atoms with Crippen molar-refractivity contribution in [3.8, 4) is 5.75 Å². The Morgan fingerprint density at radius 3 is 2.58 bits per heavy atom. The van der Waals surface area contributed by atoms with Crippen LogP contribution in [0.2, 0.25) is 5.02 Å². The Bertz CT molecular complexity index is 1160. The highest BCUT2D eigenvalue weighted by Gasteiger charge is 2.35. The van der Waals surface area contributed by atoms with Crippen molar-refractivity contribution in [3.05, 3.63) is 70.3 Å². The van der Waals surface area contributed by atoms with E-state index < -0.39 is 18.5 Å². The number of fused-ring (bicyclic) bond motifs is 1. The van der Waals surface area contributed by atoms with Crippen LogP contribution in [0.1, 0.15) is 11.1 Å². The molecule has 0 fully saturated rings. The summed E-state index contributed by atoms with van der Waals surface area (Å²) in [6, 6.07) is 13.9. The summed E-state index contributed by atoms with van der Waals surface area (Å²) < 4.78 is 5.09. The van der Waals surface area contributed by atoms with E-state index in [-0.39, 0.29) is 11.4 Å². The van der Waals surface area contributed by atoms with Gasteiger partial charge in [-0.1, -0.05) is 35.9 Å². The second kappa shape index (κ2) is 8.75. The molecule has 0 bridgehead atoms. The number of hydrogen-bond donors (Lipinski definition) is 2. The lowest BCUT2D eigenvalue weighted by Gasteiger charge is -2.20. The molecule has 2 aromatic rings. The average Bonchev–Trinajstić information content (AvgIpc) is 3.14. The van der Waals surface area contributed by atoms with E-state index in [1.165, 1.54) is 16.8 Å². The third kappa shape index (κ3) is 4.84. The van der Waals surface area contributed by atoms with Crippen LogP contribution in [0.4, 0.5) is 0 Å². The molecule has 31 heavy (non-hydrogen) atoms. The molecule has 0 saturated heterocycles. The van der Waals surface area contributed by atoms with Gasteiger partial charge in [-0.3, -0.25) is 10.2 Å². The number of ether oxygens (including phenoxy) is 1. The smallest absolute Gasteiger partial charge is 0.341 e. The number of benzene rings is 2. The number of carbonyl (C=O) groups is 2. The molecule has 2 aliphatic rings. The number of thioether (sulfide) groups is 1. The van der Waals surface area contributed by atoms with Gasteiger partial charge in [0.25, 0.3) is 5.91 Å². The highest BCUT2D eigenvalue weighted by Crippen LogP contribution is 2.30. The number of amidine groups is 2. The van der Waals surface area contributed by atoms with Gasteiger partial charge in [0, 0.05) is 11.4 Å². The molecule has 0 unspecified atom stereocenters. The Morgan fingerprint density at radius 1 is 1.19 bits per heavy atom. The second-order valence-corrected chi connectivity index (χ2v) is 8.05. The van der Waals surface area contributed by atoms with E-state index in [0.717, 1.165) is 10.6 Å². The number of rotatable bonds is 6. The number of carbonyl (C=O) groups excluding carboxylic acids is 1. The molecule has 4 rings (SSSR count). The summed E-state index contributed by atoms with van der Waals surface area (Å²) in [5.41, 5.74) is 1.77. The van der Waals surface area contributed by atoms with E-state index in [9.17, 15) is 9.59 Å². The van der Waals surface area contributed by atoms with Crippen molar-refractivity contribution in [2.75, 3.05) is 6.61 Å². The first kappa shape index (κ1) is 20.8. The maximum Gasteiger partial charge on any atom is 0.341 e. The minimum absolute atomic E-state index is 0.0557. The fraction of sp³-hybridized carbons (Fsp3) is 0.0952. The minimum atomic E-state index is -1.07. The molecule has 156 valence electrons. The SMILES string of the molecule is N=C1C(=Cc2ccc(OCC(=O)O)cc2)C(=O)N=C2SC(Cc3ccc(Cl)cc3)=NN12. The molecule has 0 aliphatic carbocycles. The summed E-state index contributed by atoms with van der Waals surface area (Å²) in [6.45, 7) is -0.440. The first-order valence-corrected chi connectivity index (χ1v) is 10.3. The van der Waals surface area contributed by atoms with Crippen molar-refractivity contribution < 1.29 is 19.4 Å². The molecule has 1 amide bonds. The van der Waals surface area contributed by atoms with Gasteiger partial charge in [0.1, 0.15) is 10.8 Å². The van der Waals surface area contributed by atoms with Crippen LogP contribution in [0, 0.1) is 5.41 Å². The number of carboxylic acids is 1. The van der Waals surface area contributed by atoms with Crippen molar-refractivity contribution in [1.29, 1.82) is 5.41 Å². The Hall–Kier alpha value is -3.43. The molecule has 0 aromatic heterocycles. The summed E-state index contributed by atoms with van der Waals surface area (Å²) in [7, 11) is 0. The fourth-order valence-corrected chi connectivity index (χ4v) is 3.90. The van der Waals surface area contributed by atoms with Gasteiger partial charge in [0.2, 0.25) is 5.17 Å². The van der Waals surface area contributed by atoms with E-state index >= 15 is 0 Å². The van der Waals surface area contributed by atoms with Crippen LogP contribution >= 0.6 is 23.4 Å². The van der Waals surface area contributed by atoms with Crippen LogP contribution in [-0.2, 0) is 16.0 Å². The van der Waals surface area contributed by atoms with Gasteiger partial charge in [0.05, 0.1) is 5.57 Å². The number of nitrogens with zero attached hydrogens (tertiary/aromatic N) is 3. The highest BCUT2D eigenvalue weighted by atomic mass is 35.5. The Morgan fingerprint density at radius 2 is 1.90 bits per heavy atom. The van der Waals surface area contributed by atoms with Crippen molar-refractivity contribution in [1.82, 2.24) is 5.01 Å². The van der Waals surface area contributed by atoms with Crippen LogP contribution in [0.15, 0.2) is 64.2 Å². The summed E-state index contributed by atoms with van der Waals surface area (Å²) in [6.07, 6.45) is 2.08. The first-order valence-electron chi connectivity index (χ1n) is 9.07. The zero-order valence-electron chi connectivity index (χ0n) is 15.9. The molecule has 2 aromatic carbocycles. The molecule has 2 N–H and O–H groups in total. The van der Waals surface area contributed by atoms with Crippen LogP contribution in [0.5, 0.6) is 5.75 Å². The first-order chi connectivity index (χ1) is 14.9. The largest absolute Gasteiger partial charge is 0.482 e. The standard InChI is InChI=1S/C21H15ClN4O4S/c22-14-5-1-13(2-6-14)10-17-25-26-19(23)16(20(29)24-21(26)31-17)9-12-3-7-15(8-4-12)30-11-18(27)28/h1-9,23H,10-11H2,(H,27,28). The number of hydrazone groups is 1. The number of nitrogens with one attached hydrogen (secondary N) is 1. The maximum atomic E-state index is 12.5. The topological polar surface area (TPSA) is 115 Å². The number of carboxylic acid groups (broad SMARTS) is 1. The Kier molecular flexibility index (Phi) is 5.88. The highest BCUT2D eigenvalue weighted by molar-refractivity contribution is 8.26. The fourth-order valence-electron chi connectivity index (χ4n) is 2.85. The Balaban J connectivity index is 1.51. The van der Waals surface area contributed by atoms with Crippen molar-refractivity contribution in [2.24, 2.45) is 10.1 Å². The molecule has 8 nitrogen and oxygen atoms in total. The quantitative estimate of drug-likeness (QED) is 0.643. The lowest BCUT2D eigenvalue weighted by molar-refractivity contribution is -0.139. The molecule has 0 atom stereocenters. The van der Waals surface area contributed by atoms with Gasteiger partial charge < -0.3 is 9.84 Å². The Labute approximate surface area is 186 Å². The summed E-state index contributed by atoms with van der Waals surface area (Å²) in [4.78, 5) is 27.2. The lowest BCUT2D eigenvalue weighted by Crippen LogP contribution is -2.35. The maximum absolute atomic E-state index is 12.5. The molecule has 0 spiro atoms. The molecular weight excluding hydrogens is 440 g/mol. The van der Waals surface area contributed by atoms with Crippen molar-refractivity contribution >= 4 is 57.4 Å². The van der Waals surface area contributed by atoms with E-state index in [2.05, 4.69) is 10.1 Å². The van der Waals surface area contributed by atoms with E-state index in [0.29, 0.717) is 27.9 Å². The third-order valence-electron chi connectivity index (χ3n) is 4.32. The zero-order valence-corrected chi connectivity index (χ0v) is 17.5.